The Kier molecular flexibility index (Phi) is 81.3. The molecule has 0 aliphatic rings. The summed E-state index contributed by atoms with van der Waals surface area (Å²) in [5.74, 6) is 0.768. The summed E-state index contributed by atoms with van der Waals surface area (Å²) in [6.45, 7) is 4.00. The summed E-state index contributed by atoms with van der Waals surface area (Å²) < 4.78 is 5.66. The molecule has 0 N–H and O–H groups in total. The van der Waals surface area contributed by atoms with Gasteiger partial charge in [0.25, 0.3) is 0 Å². The molecule has 4 nitrogen and oxygen atoms in total. The van der Waals surface area contributed by atoms with Crippen molar-refractivity contribution in [3.63, 3.8) is 0 Å². The molecule has 1 heterocycles. The van der Waals surface area contributed by atoms with Gasteiger partial charge in [-0.05, 0) is 24.3 Å². The summed E-state index contributed by atoms with van der Waals surface area (Å²) in [7, 11) is 7.80. The van der Waals surface area contributed by atoms with Crippen LogP contribution in [0.25, 0.3) is 11.0 Å². The van der Waals surface area contributed by atoms with E-state index in [1.807, 2.05) is 60.2 Å². The van der Waals surface area contributed by atoms with E-state index in [0.29, 0.717) is 0 Å². The maximum Gasteiger partial charge on any atom is 0.148 e. The quantitative estimate of drug-likeness (QED) is 0.353. The average Bonchev–Trinajstić information content (AvgIpc) is 2.80. The zero-order valence-electron chi connectivity index (χ0n) is 12.6. The Hall–Kier alpha value is -1.97. The van der Waals surface area contributed by atoms with Crippen LogP contribution in [0.15, 0.2) is 33.8 Å². The Morgan fingerprint density at radius 1 is 0.700 bits per heavy atom. The van der Waals surface area contributed by atoms with E-state index in [0.717, 1.165) is 22.4 Å². The second-order valence-corrected chi connectivity index (χ2v) is 4.36. The Bertz CT molecular complexity index is 544. The molecule has 0 fully saturated rings. The minimum Gasteiger partial charge on any atom is -0.455 e. The predicted molar refractivity (Wildman–Crippen MR) is 157 cm³/mol. The summed E-state index contributed by atoms with van der Waals surface area (Å²) in [5, 5.41) is 6.98. The molecule has 0 saturated heterocycles. The van der Waals surface area contributed by atoms with Crippen LogP contribution < -0.4 is 4.90 Å². The molecule has 2 rings (SSSR count). The molecular formula is C26H67N3O. The summed E-state index contributed by atoms with van der Waals surface area (Å²) >= 11 is 0. The third kappa shape index (κ3) is 20.8. The maximum atomic E-state index is 5.66. The summed E-state index contributed by atoms with van der Waals surface area (Å²) in [4.78, 5) is 2.07. The molecule has 0 atom stereocenters. The van der Waals surface area contributed by atoms with Gasteiger partial charge in [-0.2, -0.15) is 5.10 Å². The van der Waals surface area contributed by atoms with Crippen LogP contribution in [0, 0.1) is 0 Å². The highest BCUT2D eigenvalue weighted by molar-refractivity contribution is 5.88. The summed E-state index contributed by atoms with van der Waals surface area (Å²) in [5.41, 5.74) is 2.05. The fourth-order valence-corrected chi connectivity index (χ4v) is 1.57. The predicted octanol–water partition coefficient (Wildman–Crippen LogP) is 10.4. The highest BCUT2D eigenvalue weighted by Crippen LogP contribution is 2.23. The number of anilines is 1. The number of hydrazone groups is 1. The first-order valence-electron chi connectivity index (χ1n) is 6.48. The van der Waals surface area contributed by atoms with Crippen molar-refractivity contribution >= 4 is 22.9 Å². The van der Waals surface area contributed by atoms with Gasteiger partial charge >= 0.3 is 0 Å². The average molecular weight is 438 g/mol. The van der Waals surface area contributed by atoms with E-state index in [2.05, 4.69) is 16.1 Å². The smallest absolute Gasteiger partial charge is 0.148 e. The van der Waals surface area contributed by atoms with Gasteiger partial charge in [-0.1, -0.05) is 95.5 Å². The van der Waals surface area contributed by atoms with Gasteiger partial charge in [0, 0.05) is 39.3 Å². The van der Waals surface area contributed by atoms with Crippen LogP contribution in [0.2, 0.25) is 0 Å². The minimum absolute atomic E-state index is 0. The van der Waals surface area contributed by atoms with Gasteiger partial charge in [0.15, 0.2) is 0 Å². The van der Waals surface area contributed by atoms with Crippen molar-refractivity contribution in [2.45, 2.75) is 95.5 Å². The Morgan fingerprint density at radius 3 is 1.50 bits per heavy atom. The van der Waals surface area contributed by atoms with Gasteiger partial charge in [0.2, 0.25) is 0 Å². The van der Waals surface area contributed by atoms with Crippen LogP contribution >= 0.6 is 0 Å². The third-order valence-electron chi connectivity index (χ3n) is 2.45. The van der Waals surface area contributed by atoms with Crippen molar-refractivity contribution < 1.29 is 4.42 Å². The molecule has 0 unspecified atom stereocenters. The van der Waals surface area contributed by atoms with Crippen LogP contribution in [-0.4, -0.2) is 39.4 Å². The fraction of sp³-hybridized carbons (Fsp3) is 0.654. The minimum atomic E-state index is 0. The first kappa shape index (κ1) is 70.6. The Morgan fingerprint density at radius 2 is 1.13 bits per heavy atom. The molecule has 4 heteroatoms. The lowest BCUT2D eigenvalue weighted by Gasteiger charge is -2.11. The molecule has 0 saturated carbocycles. The molecule has 0 spiro atoms. The fourth-order valence-electron chi connectivity index (χ4n) is 1.57. The molecule has 1 aromatic heterocycles. The monoisotopic (exact) mass is 438 g/mol. The highest BCUT2D eigenvalue weighted by Gasteiger charge is 2.04. The lowest BCUT2D eigenvalue weighted by molar-refractivity contribution is 0.438. The molecule has 30 heavy (non-hydrogen) atoms. The van der Waals surface area contributed by atoms with Gasteiger partial charge in [-0.15, -0.1) is 0 Å². The third-order valence-corrected chi connectivity index (χ3v) is 2.45. The van der Waals surface area contributed by atoms with Gasteiger partial charge in [0.05, 0.1) is 6.21 Å². The van der Waals surface area contributed by atoms with Gasteiger partial charge < -0.3 is 14.3 Å². The summed E-state index contributed by atoms with van der Waals surface area (Å²) in [6.07, 6.45) is 1.72. The molecule has 0 aliphatic carbocycles. The lowest BCUT2D eigenvalue weighted by atomic mass is 10.2. The number of hydrogen-bond donors (Lipinski definition) is 0. The van der Waals surface area contributed by atoms with Crippen LogP contribution in [0.1, 0.15) is 101 Å². The highest BCUT2D eigenvalue weighted by atomic mass is 16.3. The Balaban J connectivity index is -0.0000000300. The zero-order valence-corrected chi connectivity index (χ0v) is 12.6. The molecule has 0 radical (unpaired) electrons. The Labute approximate surface area is 196 Å². The maximum absolute atomic E-state index is 5.66. The number of rotatable bonds is 3. The van der Waals surface area contributed by atoms with Crippen LogP contribution in [0.5, 0.6) is 0 Å². The van der Waals surface area contributed by atoms with Gasteiger partial charge in [-0.25, -0.2) is 0 Å². The summed E-state index contributed by atoms with van der Waals surface area (Å²) in [6, 6.07) is 8.12. The largest absolute Gasteiger partial charge is 0.455 e. The van der Waals surface area contributed by atoms with Crippen LogP contribution in [-0.2, 0) is 0 Å². The van der Waals surface area contributed by atoms with E-state index in [9.17, 15) is 0 Å². The second kappa shape index (κ2) is 34.5. The first-order chi connectivity index (χ1) is 9.06. The van der Waals surface area contributed by atoms with Crippen molar-refractivity contribution in [1.29, 1.82) is 0 Å². The van der Waals surface area contributed by atoms with E-state index in [1.165, 1.54) is 0 Å². The van der Waals surface area contributed by atoms with E-state index < -0.39 is 0 Å². The number of benzene rings is 1. The lowest BCUT2D eigenvalue weighted by Crippen LogP contribution is -2.07. The number of nitrogens with zero attached hydrogens (tertiary/aromatic N) is 3. The molecule has 1 aromatic carbocycles. The van der Waals surface area contributed by atoms with E-state index in [-0.39, 0.29) is 81.7 Å². The molecule has 2 aromatic rings. The van der Waals surface area contributed by atoms with Crippen LogP contribution in [0.4, 0.5) is 5.69 Å². The van der Waals surface area contributed by atoms with E-state index in [1.54, 1.807) is 11.2 Å². The molecule has 192 valence electrons. The second-order valence-electron chi connectivity index (χ2n) is 4.36. The molecule has 0 bridgehead atoms. The van der Waals surface area contributed by atoms with Crippen molar-refractivity contribution in [1.82, 2.24) is 5.01 Å². The SMILES string of the molecule is C.C.C.C.C.C.C.C.C.C.C.CC.CN(C)/N=C/c1cc2cc(N(C)C)ccc2o1. The zero-order chi connectivity index (χ0) is 14.4. The van der Waals surface area contributed by atoms with E-state index >= 15 is 0 Å². The van der Waals surface area contributed by atoms with Crippen molar-refractivity contribution in [3.05, 3.63) is 30.0 Å². The van der Waals surface area contributed by atoms with Gasteiger partial charge in [0.1, 0.15) is 11.3 Å². The standard InChI is InChI=1S/C13H17N3O.C2H6.11CH4/c1-15(2)11-5-6-13-10(7-11)8-12(17-13)9-14-16(3)4;1-2;;;;;;;;;;;/h5-9H,1-4H3;1-2H3;11*1H4/b14-9+;;;;;;;;;;;;. The van der Waals surface area contributed by atoms with Crippen molar-refractivity contribution in [2.75, 3.05) is 33.1 Å². The molecule has 0 aliphatic heterocycles. The number of hydrogen-bond acceptors (Lipinski definition) is 4. The van der Waals surface area contributed by atoms with Gasteiger partial charge in [-0.3, -0.25) is 0 Å². The molecular weight excluding hydrogens is 370 g/mol. The van der Waals surface area contributed by atoms with E-state index in [4.69, 9.17) is 4.42 Å². The van der Waals surface area contributed by atoms with Crippen molar-refractivity contribution in [2.24, 2.45) is 5.10 Å². The molecule has 0 amide bonds. The van der Waals surface area contributed by atoms with Crippen molar-refractivity contribution in [3.8, 4) is 0 Å². The topological polar surface area (TPSA) is 32.0 Å². The first-order valence-corrected chi connectivity index (χ1v) is 6.48. The normalized spacial score (nSPS) is 6.60. The number of fused-ring (bicyclic) bond motifs is 1. The number of furan rings is 1. The van der Waals surface area contributed by atoms with Crippen LogP contribution in [0.3, 0.4) is 0 Å².